The van der Waals surface area contributed by atoms with Crippen LogP contribution >= 0.6 is 30.1 Å². The van der Waals surface area contributed by atoms with Crippen molar-refractivity contribution >= 4 is 41.5 Å². The molecule has 0 bridgehead atoms. The molecule has 0 radical (unpaired) electrons. The molecular formula is H8AlCl3O4. The molecule has 56 valence electrons. The van der Waals surface area contributed by atoms with Crippen LogP contribution in [0.1, 0.15) is 0 Å². The van der Waals surface area contributed by atoms with Gasteiger partial charge in [0.2, 0.25) is 0 Å². The molecule has 0 aliphatic rings. The van der Waals surface area contributed by atoms with Crippen LogP contribution in [0.3, 0.4) is 0 Å². The molecule has 0 aromatic rings. The third-order valence-corrected chi connectivity index (χ3v) is 0. The summed E-state index contributed by atoms with van der Waals surface area (Å²) in [4.78, 5) is 0. The normalized spacial score (nSPS) is 3.38. The van der Waals surface area contributed by atoms with Crippen LogP contribution in [-0.2, 0) is 0 Å². The summed E-state index contributed by atoms with van der Waals surface area (Å²) in [6.07, 6.45) is 0. The molecule has 0 heterocycles. The average Bonchev–Trinajstić information content (AvgIpc) is 0.811. The van der Waals surface area contributed by atoms with E-state index in [1.54, 1.807) is 0 Å². The monoisotopic (exact) mass is 204 g/mol. The molecular weight excluding hydrogens is 197 g/mol. The first-order valence-electron chi connectivity index (χ1n) is 0.655. The van der Waals surface area contributed by atoms with E-state index in [-0.39, 0.29) is 21.9 Å². The highest BCUT2D eigenvalue weighted by molar-refractivity contribution is 7.54. The van der Waals surface area contributed by atoms with E-state index in [0.29, 0.717) is 0 Å². The van der Waals surface area contributed by atoms with Crippen molar-refractivity contribution in [1.82, 2.24) is 0 Å². The Hall–Kier alpha value is 1.24. The van der Waals surface area contributed by atoms with Gasteiger partial charge in [0.25, 0.3) is 0 Å². The highest BCUT2D eigenvalue weighted by Crippen LogP contribution is 1.97. The van der Waals surface area contributed by atoms with Gasteiger partial charge in [-0.2, -0.15) is 0 Å². The lowest BCUT2D eigenvalue weighted by Crippen LogP contribution is -1.66. The lowest BCUT2D eigenvalue weighted by molar-refractivity contribution is 0.823. The van der Waals surface area contributed by atoms with Gasteiger partial charge in [-0.15, -0.1) is 0 Å². The fourth-order valence-corrected chi connectivity index (χ4v) is 0. The molecule has 0 spiro atoms. The van der Waals surface area contributed by atoms with Crippen LogP contribution < -0.4 is 0 Å². The summed E-state index contributed by atoms with van der Waals surface area (Å²) in [5, 5.41) is 0. The van der Waals surface area contributed by atoms with Crippen molar-refractivity contribution in [2.45, 2.75) is 0 Å². The molecule has 8 N–H and O–H groups in total. The third kappa shape index (κ3) is 183. The molecule has 8 heavy (non-hydrogen) atoms. The summed E-state index contributed by atoms with van der Waals surface area (Å²) in [6, 6.07) is 0. The second-order valence-electron chi connectivity index (χ2n) is 0.247. The van der Waals surface area contributed by atoms with Gasteiger partial charge in [-0.3, -0.25) is 0 Å². The Morgan fingerprint density at radius 1 is 0.625 bits per heavy atom. The Kier molecular flexibility index (Phi) is 105. The Bertz CT molecular complexity index is 16.0. The minimum absolute atomic E-state index is 0. The van der Waals surface area contributed by atoms with E-state index in [0.717, 1.165) is 0 Å². The number of hydrogen-bond donors (Lipinski definition) is 0. The quantitative estimate of drug-likeness (QED) is 0.422. The molecule has 8 heteroatoms. The van der Waals surface area contributed by atoms with Gasteiger partial charge in [0.1, 0.15) is 0 Å². The first kappa shape index (κ1) is 34.9. The molecule has 0 aromatic carbocycles. The molecule has 0 aromatic heterocycles. The predicted octanol–water partition coefficient (Wildman–Crippen LogP) is -1.61. The van der Waals surface area contributed by atoms with Crippen LogP contribution in [0.5, 0.6) is 0 Å². The first-order valence-corrected chi connectivity index (χ1v) is 5.89. The van der Waals surface area contributed by atoms with Gasteiger partial charge in [-0.05, 0) is 0 Å². The van der Waals surface area contributed by atoms with Gasteiger partial charge in [0, 0.05) is 0 Å². The van der Waals surface area contributed by atoms with Crippen LogP contribution in [0.4, 0.5) is 0 Å². The van der Waals surface area contributed by atoms with E-state index < -0.39 is 11.4 Å². The molecule has 0 saturated heterocycles. The number of hydrogen-bond acceptors (Lipinski definition) is 0. The van der Waals surface area contributed by atoms with Crippen molar-refractivity contribution in [3.05, 3.63) is 0 Å². The summed E-state index contributed by atoms with van der Waals surface area (Å²) in [7, 11) is 14.8. The maximum atomic E-state index is 4.94. The van der Waals surface area contributed by atoms with E-state index in [1.165, 1.54) is 0 Å². The van der Waals surface area contributed by atoms with Crippen molar-refractivity contribution in [2.75, 3.05) is 0 Å². The van der Waals surface area contributed by atoms with Gasteiger partial charge in [0.15, 0.2) is 0 Å². The Balaban J connectivity index is -0.00000000750. The zero-order chi connectivity index (χ0) is 3.58. The molecule has 0 saturated carbocycles. The molecule has 0 rings (SSSR count). The lowest BCUT2D eigenvalue weighted by Gasteiger charge is -1.57. The smallest absolute Gasteiger partial charge is 0.412 e. The fraction of sp³-hybridized carbons (Fsp3) is 0. The van der Waals surface area contributed by atoms with Crippen LogP contribution in [0.2, 0.25) is 0 Å². The van der Waals surface area contributed by atoms with Crippen molar-refractivity contribution in [3.63, 3.8) is 0 Å². The third-order valence-electron chi connectivity index (χ3n) is 0. The second-order valence-corrected chi connectivity index (χ2v) is 6.68. The van der Waals surface area contributed by atoms with E-state index in [1.807, 2.05) is 0 Å². The molecule has 0 aliphatic carbocycles. The van der Waals surface area contributed by atoms with Gasteiger partial charge in [-0.1, -0.05) is 0 Å². The lowest BCUT2D eigenvalue weighted by atomic mass is 16.0. The Labute approximate surface area is 63.6 Å². The SMILES string of the molecule is O.O.O.O.[Cl][Al]([Cl])[Cl]. The summed E-state index contributed by atoms with van der Waals surface area (Å²) in [6.45, 7) is 0. The summed E-state index contributed by atoms with van der Waals surface area (Å²) in [5.41, 5.74) is 0. The Morgan fingerprint density at radius 2 is 0.625 bits per heavy atom. The topological polar surface area (TPSA) is 126 Å². The summed E-state index contributed by atoms with van der Waals surface area (Å²) in [5.74, 6) is 0. The molecule has 0 amide bonds. The van der Waals surface area contributed by atoms with Crippen molar-refractivity contribution in [1.29, 1.82) is 0 Å². The number of rotatable bonds is 0. The average molecular weight is 205 g/mol. The van der Waals surface area contributed by atoms with E-state index in [2.05, 4.69) is 0 Å². The van der Waals surface area contributed by atoms with Crippen molar-refractivity contribution in [3.8, 4) is 0 Å². The highest BCUT2D eigenvalue weighted by atomic mass is 35.8. The first-order chi connectivity index (χ1) is 1.73. The molecule has 0 unspecified atom stereocenters. The summed E-state index contributed by atoms with van der Waals surface area (Å²) >= 11 is -1.72. The van der Waals surface area contributed by atoms with Crippen LogP contribution in [0.15, 0.2) is 0 Å². The predicted molar refractivity (Wildman–Crippen MR) is 37.8 cm³/mol. The van der Waals surface area contributed by atoms with E-state index in [4.69, 9.17) is 30.1 Å². The van der Waals surface area contributed by atoms with Gasteiger partial charge < -0.3 is 21.9 Å². The van der Waals surface area contributed by atoms with Gasteiger partial charge >= 0.3 is 11.4 Å². The molecule has 0 fully saturated rings. The van der Waals surface area contributed by atoms with Crippen LogP contribution in [-0.4, -0.2) is 33.3 Å². The van der Waals surface area contributed by atoms with E-state index >= 15 is 0 Å². The standard InChI is InChI=1S/Al.3ClH.4H2O/h;3*1H;4*1H2/q+3;;;;;;;/p-3. The highest BCUT2D eigenvalue weighted by Gasteiger charge is 2.00. The van der Waals surface area contributed by atoms with Gasteiger partial charge in [-0.25, -0.2) is 30.1 Å². The second kappa shape index (κ2) is 24.0. The van der Waals surface area contributed by atoms with Gasteiger partial charge in [0.05, 0.1) is 0 Å². The van der Waals surface area contributed by atoms with Crippen molar-refractivity contribution < 1.29 is 21.9 Å². The molecule has 0 aliphatic heterocycles. The van der Waals surface area contributed by atoms with Crippen LogP contribution in [0, 0.1) is 0 Å². The van der Waals surface area contributed by atoms with Crippen LogP contribution in [0.25, 0.3) is 0 Å². The zero-order valence-corrected chi connectivity index (χ0v) is 7.13. The fourth-order valence-electron chi connectivity index (χ4n) is 0. The molecule has 4 nitrogen and oxygen atoms in total. The minimum atomic E-state index is -1.72. The van der Waals surface area contributed by atoms with Crippen molar-refractivity contribution in [2.24, 2.45) is 0 Å². The maximum absolute atomic E-state index is 4.94. The van der Waals surface area contributed by atoms with E-state index in [9.17, 15) is 0 Å². The minimum Gasteiger partial charge on any atom is -0.412 e. The summed E-state index contributed by atoms with van der Waals surface area (Å²) < 4.78 is 0. The zero-order valence-electron chi connectivity index (χ0n) is 3.71. The maximum Gasteiger partial charge on any atom is 0.643 e. The largest absolute Gasteiger partial charge is 0.643 e. The molecule has 0 atom stereocenters. The number of halogens is 3. The Morgan fingerprint density at radius 3 is 0.625 bits per heavy atom.